The van der Waals surface area contributed by atoms with Gasteiger partial charge in [-0.05, 0) is 56.4 Å². The SMILES string of the molecule is CC(C)(C)OC(=O)n1ccc(CCC=C2CN(C(c3ccccc3)(c3ccccc3)c3ccccc3)CCC2=O)n1. The Hall–Kier alpha value is -4.29. The molecule has 6 nitrogen and oxygen atoms in total. The predicted molar refractivity (Wildman–Crippen MR) is 161 cm³/mol. The largest absolute Gasteiger partial charge is 0.442 e. The molecule has 2 heterocycles. The van der Waals surface area contributed by atoms with E-state index in [0.717, 1.165) is 11.3 Å². The molecule has 0 radical (unpaired) electrons. The van der Waals surface area contributed by atoms with Gasteiger partial charge in [0.15, 0.2) is 5.78 Å². The molecule has 0 atom stereocenters. The van der Waals surface area contributed by atoms with Crippen LogP contribution in [-0.2, 0) is 21.5 Å². The van der Waals surface area contributed by atoms with E-state index in [1.807, 2.05) is 51.1 Å². The first kappa shape index (κ1) is 28.2. The Balaban J connectivity index is 1.44. The van der Waals surface area contributed by atoms with E-state index in [1.165, 1.54) is 21.4 Å². The molecule has 0 saturated carbocycles. The van der Waals surface area contributed by atoms with Gasteiger partial charge in [-0.2, -0.15) is 9.78 Å². The maximum absolute atomic E-state index is 13.2. The van der Waals surface area contributed by atoms with Gasteiger partial charge in [0.05, 0.1) is 11.2 Å². The molecule has 5 rings (SSSR count). The average Bonchev–Trinajstić information content (AvgIpc) is 3.45. The molecule has 0 spiro atoms. The van der Waals surface area contributed by atoms with E-state index in [-0.39, 0.29) is 5.78 Å². The van der Waals surface area contributed by atoms with Gasteiger partial charge in [-0.3, -0.25) is 9.69 Å². The molecule has 210 valence electrons. The van der Waals surface area contributed by atoms with Crippen molar-refractivity contribution in [2.24, 2.45) is 0 Å². The molecule has 1 aliphatic rings. The van der Waals surface area contributed by atoms with Crippen molar-refractivity contribution in [2.45, 2.75) is 51.2 Å². The van der Waals surface area contributed by atoms with E-state index < -0.39 is 17.2 Å². The number of hydrogen-bond acceptors (Lipinski definition) is 5. The molecule has 3 aromatic carbocycles. The van der Waals surface area contributed by atoms with Crippen LogP contribution in [-0.4, -0.2) is 45.2 Å². The minimum Gasteiger partial charge on any atom is -0.442 e. The van der Waals surface area contributed by atoms with Gasteiger partial charge < -0.3 is 4.74 Å². The van der Waals surface area contributed by atoms with Gasteiger partial charge in [-0.1, -0.05) is 97.1 Å². The van der Waals surface area contributed by atoms with Gasteiger partial charge in [0.25, 0.3) is 0 Å². The van der Waals surface area contributed by atoms with Crippen LogP contribution in [0.15, 0.2) is 115 Å². The highest BCUT2D eigenvalue weighted by atomic mass is 16.6. The maximum Gasteiger partial charge on any atom is 0.435 e. The van der Waals surface area contributed by atoms with Crippen molar-refractivity contribution in [3.63, 3.8) is 0 Å². The molecular weight excluding hydrogens is 510 g/mol. The number of allylic oxidation sites excluding steroid dienone is 1. The maximum atomic E-state index is 13.2. The van der Waals surface area contributed by atoms with Crippen molar-refractivity contribution >= 4 is 11.9 Å². The molecule has 4 aromatic rings. The number of carbonyl (C=O) groups is 2. The first-order chi connectivity index (χ1) is 19.8. The van der Waals surface area contributed by atoms with E-state index in [1.54, 1.807) is 6.20 Å². The Labute approximate surface area is 242 Å². The number of aryl methyl sites for hydroxylation is 1. The van der Waals surface area contributed by atoms with Crippen LogP contribution in [0, 0.1) is 0 Å². The number of aromatic nitrogens is 2. The summed E-state index contributed by atoms with van der Waals surface area (Å²) in [7, 11) is 0. The summed E-state index contributed by atoms with van der Waals surface area (Å²) in [6.45, 7) is 6.66. The monoisotopic (exact) mass is 547 g/mol. The van der Waals surface area contributed by atoms with Crippen molar-refractivity contribution < 1.29 is 14.3 Å². The molecule has 0 bridgehead atoms. The molecule has 0 N–H and O–H groups in total. The third-order valence-electron chi connectivity index (χ3n) is 7.39. The molecule has 41 heavy (non-hydrogen) atoms. The Morgan fingerprint density at radius 2 is 1.39 bits per heavy atom. The molecule has 1 aliphatic heterocycles. The molecular formula is C35H37N3O3. The lowest BCUT2D eigenvalue weighted by atomic mass is 9.74. The van der Waals surface area contributed by atoms with E-state index in [2.05, 4.69) is 82.8 Å². The fourth-order valence-corrected chi connectivity index (χ4v) is 5.62. The standard InChI is InChI=1S/C35H37N3O3/c1-34(2,3)41-33(40)38-25-22-31(36-38)21-13-14-27-26-37(24-23-32(27)39)35(28-15-7-4-8-16-28,29-17-9-5-10-18-29)30-19-11-6-12-20-30/h4-12,14-20,22,25H,13,21,23-24,26H2,1-3H3. The lowest BCUT2D eigenvalue weighted by molar-refractivity contribution is -0.118. The summed E-state index contributed by atoms with van der Waals surface area (Å²) >= 11 is 0. The zero-order valence-corrected chi connectivity index (χ0v) is 24.0. The number of nitrogens with zero attached hydrogens (tertiary/aromatic N) is 3. The van der Waals surface area contributed by atoms with E-state index in [4.69, 9.17) is 4.74 Å². The summed E-state index contributed by atoms with van der Waals surface area (Å²) in [5.41, 5.74) is 3.94. The van der Waals surface area contributed by atoms with Crippen LogP contribution in [0.5, 0.6) is 0 Å². The summed E-state index contributed by atoms with van der Waals surface area (Å²) < 4.78 is 6.63. The van der Waals surface area contributed by atoms with Crippen molar-refractivity contribution in [3.05, 3.63) is 137 Å². The summed E-state index contributed by atoms with van der Waals surface area (Å²) in [6, 6.07) is 33.5. The predicted octanol–water partition coefficient (Wildman–Crippen LogP) is 6.79. The molecule has 1 fully saturated rings. The second kappa shape index (κ2) is 12.1. The van der Waals surface area contributed by atoms with Gasteiger partial charge in [0.2, 0.25) is 0 Å². The van der Waals surface area contributed by atoms with Crippen LogP contribution >= 0.6 is 0 Å². The van der Waals surface area contributed by atoms with Gasteiger partial charge in [-0.25, -0.2) is 4.79 Å². The molecule has 6 heteroatoms. The second-order valence-corrected chi connectivity index (χ2v) is 11.4. The fourth-order valence-electron chi connectivity index (χ4n) is 5.62. The number of carbonyl (C=O) groups excluding carboxylic acids is 2. The van der Waals surface area contributed by atoms with Crippen LogP contribution in [0.4, 0.5) is 4.79 Å². The Kier molecular flexibility index (Phi) is 8.31. The lowest BCUT2D eigenvalue weighted by Gasteiger charge is -2.47. The Bertz CT molecular complexity index is 1410. The van der Waals surface area contributed by atoms with Gasteiger partial charge in [0, 0.05) is 31.3 Å². The Morgan fingerprint density at radius 1 is 0.854 bits per heavy atom. The highest BCUT2D eigenvalue weighted by Crippen LogP contribution is 2.43. The molecule has 0 amide bonds. The summed E-state index contributed by atoms with van der Waals surface area (Å²) in [4.78, 5) is 27.9. The van der Waals surface area contributed by atoms with Crippen LogP contribution in [0.1, 0.15) is 56.0 Å². The minimum atomic E-state index is -0.588. The number of ether oxygens (including phenoxy) is 1. The number of ketones is 1. The summed E-state index contributed by atoms with van der Waals surface area (Å²) in [6.07, 6.45) is 4.89. The summed E-state index contributed by atoms with van der Waals surface area (Å²) in [5.74, 6) is 0.184. The van der Waals surface area contributed by atoms with Crippen molar-refractivity contribution in [2.75, 3.05) is 13.1 Å². The van der Waals surface area contributed by atoms with Crippen LogP contribution in [0.2, 0.25) is 0 Å². The number of benzene rings is 3. The Morgan fingerprint density at radius 3 is 1.90 bits per heavy atom. The van der Waals surface area contributed by atoms with E-state index >= 15 is 0 Å². The second-order valence-electron chi connectivity index (χ2n) is 11.4. The highest BCUT2D eigenvalue weighted by Gasteiger charge is 2.44. The van der Waals surface area contributed by atoms with Crippen molar-refractivity contribution in [1.29, 1.82) is 0 Å². The zero-order chi connectivity index (χ0) is 28.9. The molecule has 1 aromatic heterocycles. The van der Waals surface area contributed by atoms with E-state index in [9.17, 15) is 9.59 Å². The van der Waals surface area contributed by atoms with Gasteiger partial charge >= 0.3 is 6.09 Å². The zero-order valence-electron chi connectivity index (χ0n) is 24.0. The van der Waals surface area contributed by atoms with Gasteiger partial charge in [0.1, 0.15) is 5.60 Å². The smallest absolute Gasteiger partial charge is 0.435 e. The fraction of sp³-hybridized carbons (Fsp3) is 0.286. The third kappa shape index (κ3) is 6.23. The number of Topliss-reactive ketones (excluding diaryl/α,β-unsaturated/α-hetero) is 1. The van der Waals surface area contributed by atoms with E-state index in [0.29, 0.717) is 32.4 Å². The molecule has 0 unspecified atom stereocenters. The number of hydrogen-bond donors (Lipinski definition) is 0. The highest BCUT2D eigenvalue weighted by molar-refractivity contribution is 5.96. The first-order valence-corrected chi connectivity index (χ1v) is 14.2. The topological polar surface area (TPSA) is 64.4 Å². The average molecular weight is 548 g/mol. The van der Waals surface area contributed by atoms with Crippen molar-refractivity contribution in [3.8, 4) is 0 Å². The summed E-state index contributed by atoms with van der Waals surface area (Å²) in [5, 5.41) is 4.39. The molecule has 0 aliphatic carbocycles. The minimum absolute atomic E-state index is 0.184. The lowest BCUT2D eigenvalue weighted by Crippen LogP contribution is -2.52. The normalized spacial score (nSPS) is 15.7. The van der Waals surface area contributed by atoms with Crippen LogP contribution in [0.25, 0.3) is 0 Å². The van der Waals surface area contributed by atoms with Gasteiger partial charge in [-0.15, -0.1) is 0 Å². The molecule has 1 saturated heterocycles. The van der Waals surface area contributed by atoms with Crippen molar-refractivity contribution in [1.82, 2.24) is 14.7 Å². The number of rotatable bonds is 7. The quantitative estimate of drug-likeness (QED) is 0.188. The first-order valence-electron chi connectivity index (χ1n) is 14.2. The number of likely N-dealkylation sites (tertiary alicyclic amines) is 1. The van der Waals surface area contributed by atoms with Crippen LogP contribution in [0.3, 0.4) is 0 Å². The number of piperidine rings is 1. The third-order valence-corrected chi connectivity index (χ3v) is 7.39. The van der Waals surface area contributed by atoms with Crippen LogP contribution < -0.4 is 0 Å².